The summed E-state index contributed by atoms with van der Waals surface area (Å²) in [6.45, 7) is 0.535. The first-order valence-corrected chi connectivity index (χ1v) is 10.9. The Morgan fingerprint density at radius 2 is 1.67 bits per heavy atom. The standard InChI is InChI=1S/C23H20N4O2S/c28-30(29,23-11-3-8-19-17-25-15-12-20(19)23)27-22-10-2-1-9-21(22)26-14-5-7-18-6-4-13-24-16-18/h1-13,15-17,26-27H,14H2/b7-5+. The largest absolute Gasteiger partial charge is 0.380 e. The molecule has 30 heavy (non-hydrogen) atoms. The Morgan fingerprint density at radius 1 is 0.833 bits per heavy atom. The van der Waals surface area contributed by atoms with Gasteiger partial charge in [-0.25, -0.2) is 8.42 Å². The van der Waals surface area contributed by atoms with E-state index in [9.17, 15) is 8.42 Å². The molecule has 2 N–H and O–H groups in total. The van der Waals surface area contributed by atoms with Crippen LogP contribution in [0.4, 0.5) is 11.4 Å². The first-order valence-electron chi connectivity index (χ1n) is 9.38. The summed E-state index contributed by atoms with van der Waals surface area (Å²) in [6, 6.07) is 17.9. The van der Waals surface area contributed by atoms with Gasteiger partial charge in [-0.05, 0) is 35.9 Å². The molecule has 4 rings (SSSR count). The lowest BCUT2D eigenvalue weighted by atomic mass is 10.2. The molecule has 150 valence electrons. The average molecular weight is 417 g/mol. The Morgan fingerprint density at radius 3 is 2.50 bits per heavy atom. The van der Waals surface area contributed by atoms with Gasteiger partial charge in [0, 0.05) is 42.1 Å². The summed E-state index contributed by atoms with van der Waals surface area (Å²) in [5.41, 5.74) is 2.18. The second-order valence-corrected chi connectivity index (χ2v) is 8.22. The molecule has 0 atom stereocenters. The quantitative estimate of drug-likeness (QED) is 0.462. The first-order chi connectivity index (χ1) is 14.6. The van der Waals surface area contributed by atoms with E-state index in [0.717, 1.165) is 10.9 Å². The van der Waals surface area contributed by atoms with Crippen molar-refractivity contribution < 1.29 is 8.42 Å². The lowest BCUT2D eigenvalue weighted by Crippen LogP contribution is -2.15. The fourth-order valence-corrected chi connectivity index (χ4v) is 4.40. The van der Waals surface area contributed by atoms with Crippen molar-refractivity contribution in [3.63, 3.8) is 0 Å². The molecule has 0 aliphatic carbocycles. The highest BCUT2D eigenvalue weighted by Gasteiger charge is 2.18. The number of sulfonamides is 1. The summed E-state index contributed by atoms with van der Waals surface area (Å²) >= 11 is 0. The summed E-state index contributed by atoms with van der Waals surface area (Å²) < 4.78 is 28.9. The molecule has 0 unspecified atom stereocenters. The van der Waals surface area contributed by atoms with Crippen LogP contribution in [0.2, 0.25) is 0 Å². The first kappa shape index (κ1) is 19.6. The van der Waals surface area contributed by atoms with Gasteiger partial charge in [0.1, 0.15) is 0 Å². The van der Waals surface area contributed by atoms with Gasteiger partial charge in [-0.15, -0.1) is 0 Å². The predicted molar refractivity (Wildman–Crippen MR) is 121 cm³/mol. The molecule has 0 fully saturated rings. The minimum absolute atomic E-state index is 0.216. The summed E-state index contributed by atoms with van der Waals surface area (Å²) in [6.07, 6.45) is 10.7. The van der Waals surface area contributed by atoms with Crippen LogP contribution in [0.3, 0.4) is 0 Å². The normalized spacial score (nSPS) is 11.6. The summed E-state index contributed by atoms with van der Waals surface area (Å²) in [4.78, 5) is 8.35. The Balaban J connectivity index is 1.54. The Labute approximate surface area is 175 Å². The minimum Gasteiger partial charge on any atom is -0.380 e. The van der Waals surface area contributed by atoms with Crippen LogP contribution in [0.1, 0.15) is 5.56 Å². The fourth-order valence-electron chi connectivity index (χ4n) is 3.09. The van der Waals surface area contributed by atoms with Crippen LogP contribution in [0, 0.1) is 0 Å². The highest BCUT2D eigenvalue weighted by Crippen LogP contribution is 2.27. The van der Waals surface area contributed by atoms with E-state index in [-0.39, 0.29) is 4.90 Å². The molecule has 0 amide bonds. The van der Waals surface area contributed by atoms with Crippen molar-refractivity contribution in [2.24, 2.45) is 0 Å². The zero-order valence-electron chi connectivity index (χ0n) is 16.1. The van der Waals surface area contributed by atoms with Crippen molar-refractivity contribution in [1.82, 2.24) is 9.97 Å². The zero-order valence-corrected chi connectivity index (χ0v) is 16.9. The Kier molecular flexibility index (Phi) is 5.72. The van der Waals surface area contributed by atoms with Gasteiger partial charge >= 0.3 is 0 Å². The third-order valence-corrected chi connectivity index (χ3v) is 5.93. The van der Waals surface area contributed by atoms with Gasteiger partial charge in [-0.1, -0.05) is 42.5 Å². The number of fused-ring (bicyclic) bond motifs is 1. The van der Waals surface area contributed by atoms with Crippen LogP contribution < -0.4 is 10.0 Å². The maximum absolute atomic E-state index is 13.1. The Hall–Kier alpha value is -3.71. The smallest absolute Gasteiger partial charge is 0.262 e. The molecule has 0 aliphatic rings. The number of anilines is 2. The second-order valence-electron chi connectivity index (χ2n) is 6.57. The van der Waals surface area contributed by atoms with E-state index in [1.54, 1.807) is 55.1 Å². The third kappa shape index (κ3) is 4.47. The number of aromatic nitrogens is 2. The van der Waals surface area contributed by atoms with Gasteiger partial charge in [0.2, 0.25) is 0 Å². The van der Waals surface area contributed by atoms with Gasteiger partial charge in [0.15, 0.2) is 0 Å². The van der Waals surface area contributed by atoms with E-state index in [2.05, 4.69) is 20.0 Å². The number of para-hydroxylation sites is 2. The summed E-state index contributed by atoms with van der Waals surface area (Å²) in [7, 11) is -3.78. The number of hydrogen-bond donors (Lipinski definition) is 2. The molecule has 2 aromatic carbocycles. The maximum Gasteiger partial charge on any atom is 0.262 e. The monoisotopic (exact) mass is 416 g/mol. The number of hydrogen-bond acceptors (Lipinski definition) is 5. The molecule has 6 nitrogen and oxygen atoms in total. The van der Waals surface area contributed by atoms with Gasteiger partial charge in [-0.3, -0.25) is 14.7 Å². The lowest BCUT2D eigenvalue weighted by molar-refractivity contribution is 0.602. The second kappa shape index (κ2) is 8.75. The topological polar surface area (TPSA) is 84.0 Å². The molecule has 0 spiro atoms. The molecule has 0 saturated carbocycles. The van der Waals surface area contributed by atoms with Gasteiger partial charge < -0.3 is 5.32 Å². The molecule has 0 bridgehead atoms. The number of rotatable bonds is 7. The molecule has 7 heteroatoms. The summed E-state index contributed by atoms with van der Waals surface area (Å²) in [5.74, 6) is 0. The predicted octanol–water partition coefficient (Wildman–Crippen LogP) is 4.56. The zero-order chi connectivity index (χ0) is 20.8. The average Bonchev–Trinajstić information content (AvgIpc) is 2.78. The molecular weight excluding hydrogens is 396 g/mol. The van der Waals surface area contributed by atoms with Crippen molar-refractivity contribution in [3.8, 4) is 0 Å². The molecule has 0 radical (unpaired) electrons. The van der Waals surface area contributed by atoms with Crippen molar-refractivity contribution in [1.29, 1.82) is 0 Å². The molecular formula is C23H20N4O2S. The molecule has 2 heterocycles. The van der Waals surface area contributed by atoms with E-state index >= 15 is 0 Å². The van der Waals surface area contributed by atoms with Crippen LogP contribution in [0.25, 0.3) is 16.8 Å². The Bertz CT molecular complexity index is 1280. The van der Waals surface area contributed by atoms with E-state index in [4.69, 9.17) is 0 Å². The third-order valence-electron chi connectivity index (χ3n) is 4.51. The van der Waals surface area contributed by atoms with E-state index in [0.29, 0.717) is 23.3 Å². The van der Waals surface area contributed by atoms with E-state index in [1.807, 2.05) is 42.5 Å². The number of pyridine rings is 2. The van der Waals surface area contributed by atoms with Gasteiger partial charge in [-0.2, -0.15) is 0 Å². The number of benzene rings is 2. The van der Waals surface area contributed by atoms with Crippen molar-refractivity contribution in [2.75, 3.05) is 16.6 Å². The van der Waals surface area contributed by atoms with E-state index in [1.165, 1.54) is 0 Å². The number of nitrogens with one attached hydrogen (secondary N) is 2. The highest BCUT2D eigenvalue weighted by molar-refractivity contribution is 7.93. The van der Waals surface area contributed by atoms with Crippen LogP contribution in [0.15, 0.2) is 96.4 Å². The molecule has 4 aromatic rings. The number of nitrogens with zero attached hydrogens (tertiary/aromatic N) is 2. The van der Waals surface area contributed by atoms with Crippen molar-refractivity contribution >= 4 is 38.2 Å². The SMILES string of the molecule is O=S(=O)(Nc1ccccc1NC/C=C/c1cccnc1)c1cccc2cnccc12. The molecule has 0 saturated heterocycles. The van der Waals surface area contributed by atoms with Crippen LogP contribution in [-0.2, 0) is 10.0 Å². The van der Waals surface area contributed by atoms with Crippen LogP contribution in [-0.4, -0.2) is 24.9 Å². The van der Waals surface area contributed by atoms with Crippen LogP contribution in [0.5, 0.6) is 0 Å². The molecule has 2 aromatic heterocycles. The van der Waals surface area contributed by atoms with Crippen LogP contribution >= 0.6 is 0 Å². The van der Waals surface area contributed by atoms with Gasteiger partial charge in [0.05, 0.1) is 16.3 Å². The van der Waals surface area contributed by atoms with Crippen molar-refractivity contribution in [3.05, 3.63) is 97.1 Å². The van der Waals surface area contributed by atoms with E-state index < -0.39 is 10.0 Å². The maximum atomic E-state index is 13.1. The lowest BCUT2D eigenvalue weighted by Gasteiger charge is -2.14. The molecule has 0 aliphatic heterocycles. The van der Waals surface area contributed by atoms with Gasteiger partial charge in [0.25, 0.3) is 10.0 Å². The highest BCUT2D eigenvalue weighted by atomic mass is 32.2. The fraction of sp³-hybridized carbons (Fsp3) is 0.0435. The summed E-state index contributed by atoms with van der Waals surface area (Å²) in [5, 5.41) is 4.65. The van der Waals surface area contributed by atoms with Crippen molar-refractivity contribution in [2.45, 2.75) is 4.90 Å². The minimum atomic E-state index is -3.78.